The third kappa shape index (κ3) is 14.4. The number of aryl methyl sites for hydroxylation is 1. The minimum absolute atomic E-state index is 0.0145. The summed E-state index contributed by atoms with van der Waals surface area (Å²) in [5.41, 5.74) is -4.41. The van der Waals surface area contributed by atoms with E-state index in [4.69, 9.17) is 37.9 Å². The lowest BCUT2D eigenvalue weighted by Crippen LogP contribution is -2.61. The van der Waals surface area contributed by atoms with Gasteiger partial charge in [-0.1, -0.05) is 27.7 Å². The van der Waals surface area contributed by atoms with E-state index in [0.717, 1.165) is 5.56 Å². The van der Waals surface area contributed by atoms with Gasteiger partial charge in [-0.05, 0) is 106 Å². The molecule has 0 unspecified atom stereocenters. The highest BCUT2D eigenvalue weighted by molar-refractivity contribution is 5.92. The van der Waals surface area contributed by atoms with Crippen LogP contribution >= 0.6 is 0 Å². The van der Waals surface area contributed by atoms with Crippen LogP contribution in [0.3, 0.4) is 0 Å². The number of nitrogens with one attached hydrogen (secondary N) is 1. The minimum Gasteiger partial charge on any atom is -0.477 e. The molecule has 0 spiro atoms. The van der Waals surface area contributed by atoms with Crippen LogP contribution in [0.15, 0.2) is 23.3 Å². The summed E-state index contributed by atoms with van der Waals surface area (Å²) in [5, 5.41) is 50.0. The molecule has 5 rings (SSSR count). The molecule has 2 aromatic heterocycles. The number of aromatic nitrogens is 2. The van der Waals surface area contributed by atoms with E-state index in [9.17, 15) is 44.4 Å². The Morgan fingerprint density at radius 2 is 1.56 bits per heavy atom. The molecule has 22 nitrogen and oxygen atoms in total. The van der Waals surface area contributed by atoms with Gasteiger partial charge in [0.25, 0.3) is 0 Å². The maximum Gasteiger partial charge on any atom is 0.341 e. The van der Waals surface area contributed by atoms with E-state index >= 15 is 0 Å². The van der Waals surface area contributed by atoms with Gasteiger partial charge in [0, 0.05) is 77.5 Å². The Hall–Kier alpha value is -4.20. The Morgan fingerprint density at radius 1 is 0.909 bits per heavy atom. The van der Waals surface area contributed by atoms with E-state index in [2.05, 4.69) is 10.3 Å². The SMILES string of the molecule is CC[C@H]1OC(=O)[C@H](C)[C@@H](O[C@H]2C[C@@](C)(OC)[C@@H](OC(=O)CCNCCCc3cnc4c(c3)c(=O)c(C(=O)O)cn4N(C)C)[C@H](C)O2)[C@H](C)[C@@H](O[C@@H]2O[C@H](C)C[C@H](N(C)C)[C@H]2O)[C@](C)(OC)C[C@@H](C)C(=O)[C@H](C)[C@@H](O)[C@]1(C)O. The van der Waals surface area contributed by atoms with Crippen molar-refractivity contribution in [2.75, 3.05) is 60.5 Å². The predicted octanol–water partition coefficient (Wildman–Crippen LogP) is 3.21. The molecule has 3 aliphatic heterocycles. The smallest absolute Gasteiger partial charge is 0.341 e. The van der Waals surface area contributed by atoms with Crippen LogP contribution in [0.4, 0.5) is 0 Å². The van der Waals surface area contributed by atoms with Crippen LogP contribution in [-0.2, 0) is 58.7 Å². The second kappa shape index (κ2) is 26.4. The van der Waals surface area contributed by atoms with Gasteiger partial charge < -0.3 is 73.5 Å². The number of carbonyl (C=O) groups is 4. The van der Waals surface area contributed by atoms with E-state index in [0.29, 0.717) is 31.5 Å². The summed E-state index contributed by atoms with van der Waals surface area (Å²) in [7, 11) is 10.1. The molecule has 5 N–H and O–H groups in total. The lowest BCUT2D eigenvalue weighted by Gasteiger charge is -2.50. The van der Waals surface area contributed by atoms with Crippen molar-refractivity contribution >= 4 is 34.7 Å². The molecule has 0 bridgehead atoms. The first-order valence-corrected chi connectivity index (χ1v) is 27.0. The summed E-state index contributed by atoms with van der Waals surface area (Å²) in [6.07, 6.45) is -5.58. The van der Waals surface area contributed by atoms with E-state index in [1.54, 1.807) is 72.9 Å². The molecule has 22 heteroatoms. The molecule has 5 heterocycles. The second-order valence-corrected chi connectivity index (χ2v) is 22.8. The summed E-state index contributed by atoms with van der Waals surface area (Å²) >= 11 is 0. The number of rotatable bonds is 18. The van der Waals surface area contributed by atoms with E-state index in [-0.39, 0.29) is 61.1 Å². The number of esters is 2. The number of pyridine rings is 2. The van der Waals surface area contributed by atoms with Crippen molar-refractivity contribution in [3.05, 3.63) is 39.8 Å². The molecule has 0 aliphatic carbocycles. The van der Waals surface area contributed by atoms with Gasteiger partial charge in [0.05, 0.1) is 53.8 Å². The quantitative estimate of drug-likeness (QED) is 0.106. The fraction of sp³-hybridized carbons (Fsp3) is 0.782. The van der Waals surface area contributed by atoms with E-state index in [1.807, 2.05) is 32.8 Å². The number of fused-ring (bicyclic) bond motifs is 1. The molecule has 2 aromatic rings. The first kappa shape index (κ1) is 63.6. The summed E-state index contributed by atoms with van der Waals surface area (Å²) in [4.78, 5) is 73.5. The fourth-order valence-corrected chi connectivity index (χ4v) is 11.6. The number of likely N-dealkylation sites (N-methyl/N-ethyl adjacent to an activating group) is 1. The number of aliphatic hydroxyl groups excluding tert-OH is 2. The van der Waals surface area contributed by atoms with Crippen molar-refractivity contribution in [2.45, 2.75) is 198 Å². The molecule has 436 valence electrons. The normalized spacial score (nSPS) is 36.8. The molecular formula is C55H89N5O17. The number of Topliss-reactive ketones (excluding diaryl/α,β-unsaturated/α-hetero) is 1. The van der Waals surface area contributed by atoms with Gasteiger partial charge in [-0.2, -0.15) is 0 Å². The highest BCUT2D eigenvalue weighted by atomic mass is 16.7. The Kier molecular flexibility index (Phi) is 21.8. The van der Waals surface area contributed by atoms with Crippen molar-refractivity contribution in [3.63, 3.8) is 0 Å². The monoisotopic (exact) mass is 1090 g/mol. The topological polar surface area (TPSA) is 276 Å². The van der Waals surface area contributed by atoms with Crippen molar-refractivity contribution in [2.24, 2.45) is 23.7 Å². The minimum atomic E-state index is -2.03. The van der Waals surface area contributed by atoms with Crippen LogP contribution in [0.2, 0.25) is 0 Å². The third-order valence-electron chi connectivity index (χ3n) is 16.4. The number of ketones is 1. The molecule has 77 heavy (non-hydrogen) atoms. The average Bonchev–Trinajstić information content (AvgIpc) is 3.37. The average molecular weight is 1090 g/mol. The fourth-order valence-electron chi connectivity index (χ4n) is 11.6. The molecule has 3 aliphatic rings. The van der Waals surface area contributed by atoms with Crippen LogP contribution in [-0.4, -0.2) is 198 Å². The van der Waals surface area contributed by atoms with Crippen molar-refractivity contribution < 1.29 is 77.5 Å². The molecule has 0 amide bonds. The maximum atomic E-state index is 14.6. The Labute approximate surface area is 453 Å². The van der Waals surface area contributed by atoms with Gasteiger partial charge in [0.1, 0.15) is 34.8 Å². The zero-order valence-corrected chi connectivity index (χ0v) is 48.1. The zero-order chi connectivity index (χ0) is 57.6. The highest BCUT2D eigenvalue weighted by Gasteiger charge is 2.55. The van der Waals surface area contributed by atoms with E-state index < -0.39 is 119 Å². The standard InChI is InChI=1S/C55H89N5O17/c1-17-39-55(10,69)46(65)31(4)42(62)29(2)25-53(8,70-15)47(77-52-44(64)38(58(11)12)23-30(3)72-52)32(5)45(33(6)51(68)74-39)76-41-26-54(9,71-16)48(34(7)73-41)75-40(61)20-22-56-21-18-19-35-24-36-43(63)37(50(66)67)28-60(59(13)14)49(36)57-27-35/h24,27-34,38-39,41,44-48,52,56,64-65,69H,17-23,25-26H2,1-16H3,(H,66,67)/t29-,30-,31+,32+,33-,34+,38+,39-,41+,44-,45+,46-,47-,48+,52+,53-,54-,55-/m1/s1. The predicted molar refractivity (Wildman–Crippen MR) is 284 cm³/mol. The van der Waals surface area contributed by atoms with Gasteiger partial charge in [0.2, 0.25) is 5.43 Å². The summed E-state index contributed by atoms with van der Waals surface area (Å²) in [5.74, 6) is -6.69. The van der Waals surface area contributed by atoms with Gasteiger partial charge in [-0.3, -0.25) is 19.2 Å². The van der Waals surface area contributed by atoms with E-state index in [1.165, 1.54) is 38.9 Å². The van der Waals surface area contributed by atoms with Crippen LogP contribution < -0.4 is 15.8 Å². The van der Waals surface area contributed by atoms with Crippen molar-refractivity contribution in [3.8, 4) is 0 Å². The summed E-state index contributed by atoms with van der Waals surface area (Å²) < 4.78 is 52.8. The molecule has 0 aromatic carbocycles. The van der Waals surface area contributed by atoms with Crippen molar-refractivity contribution in [1.82, 2.24) is 19.9 Å². The van der Waals surface area contributed by atoms with Crippen LogP contribution in [0.5, 0.6) is 0 Å². The molecule has 0 saturated carbocycles. The lowest BCUT2D eigenvalue weighted by atomic mass is 9.74. The zero-order valence-electron chi connectivity index (χ0n) is 48.1. The number of hydrogen-bond acceptors (Lipinski definition) is 20. The number of carboxylic acids is 1. The highest BCUT2D eigenvalue weighted by Crippen LogP contribution is 2.42. The Bertz CT molecular complexity index is 2400. The first-order valence-electron chi connectivity index (χ1n) is 27.0. The summed E-state index contributed by atoms with van der Waals surface area (Å²) in [6.45, 7) is 17.7. The molecule has 3 fully saturated rings. The number of carbonyl (C=O) groups excluding carboxylic acids is 3. The maximum absolute atomic E-state index is 14.6. The number of carboxylic acid groups (broad SMARTS) is 1. The lowest BCUT2D eigenvalue weighted by molar-refractivity contribution is -0.320. The number of aliphatic hydroxyl groups is 3. The molecule has 3 saturated heterocycles. The van der Waals surface area contributed by atoms with Gasteiger partial charge >= 0.3 is 17.9 Å². The van der Waals surface area contributed by atoms with Crippen LogP contribution in [0, 0.1) is 23.7 Å². The van der Waals surface area contributed by atoms with Gasteiger partial charge in [-0.25, -0.2) is 14.5 Å². The third-order valence-corrected chi connectivity index (χ3v) is 16.4. The molecular weight excluding hydrogens is 1000 g/mol. The largest absolute Gasteiger partial charge is 0.477 e. The Balaban J connectivity index is 1.35. The number of cyclic esters (lactones) is 1. The van der Waals surface area contributed by atoms with Crippen LogP contribution in [0.25, 0.3) is 11.0 Å². The number of hydrogen-bond donors (Lipinski definition) is 5. The number of nitrogens with zero attached hydrogens (tertiary/aromatic N) is 4. The first-order chi connectivity index (χ1) is 36.0. The number of methoxy groups -OCH3 is 2. The number of ether oxygens (including phenoxy) is 8. The van der Waals surface area contributed by atoms with Crippen molar-refractivity contribution in [1.29, 1.82) is 0 Å². The molecule has 0 radical (unpaired) electrons. The summed E-state index contributed by atoms with van der Waals surface area (Å²) in [6, 6.07) is 1.32. The van der Waals surface area contributed by atoms with Gasteiger partial charge in [0.15, 0.2) is 24.3 Å². The Morgan fingerprint density at radius 3 is 2.16 bits per heavy atom. The second-order valence-electron chi connectivity index (χ2n) is 22.8. The van der Waals surface area contributed by atoms with Crippen LogP contribution in [0.1, 0.15) is 124 Å². The number of aromatic carboxylic acids is 1. The van der Waals surface area contributed by atoms with Gasteiger partial charge in [-0.15, -0.1) is 0 Å². The molecule has 18 atom stereocenters.